The van der Waals surface area contributed by atoms with Gasteiger partial charge in [-0.3, -0.25) is 9.59 Å². The molecule has 2 atom stereocenters. The van der Waals surface area contributed by atoms with Crippen LogP contribution in [0.3, 0.4) is 0 Å². The number of amides is 2. The van der Waals surface area contributed by atoms with Crippen molar-refractivity contribution in [2.24, 2.45) is 5.92 Å². The highest BCUT2D eigenvalue weighted by atomic mass is 16.5. The van der Waals surface area contributed by atoms with Gasteiger partial charge in [0.1, 0.15) is 5.76 Å². The van der Waals surface area contributed by atoms with Crippen molar-refractivity contribution in [1.29, 1.82) is 0 Å². The van der Waals surface area contributed by atoms with Crippen LogP contribution < -0.4 is 5.32 Å². The van der Waals surface area contributed by atoms with Crippen molar-refractivity contribution < 1.29 is 14.1 Å². The smallest absolute Gasteiger partial charge is 0.222 e. The summed E-state index contributed by atoms with van der Waals surface area (Å²) in [4.78, 5) is 25.4. The summed E-state index contributed by atoms with van der Waals surface area (Å²) in [5, 5.41) is 6.83. The monoisotopic (exact) mass is 277 g/mol. The standard InChI is InChI=1S/C14H19N3O3/c1-8-11(9(2)20-16-8)3-4-14(19)17-6-10-5-13(18)15-12(10)7-17/h10,12H,3-7H2,1-2H3,(H,15,18)/t10-,12+/m0/s1. The highest BCUT2D eigenvalue weighted by molar-refractivity contribution is 5.81. The van der Waals surface area contributed by atoms with Crippen molar-refractivity contribution in [3.8, 4) is 0 Å². The second kappa shape index (κ2) is 4.92. The normalized spacial score (nSPS) is 24.9. The Balaban J connectivity index is 1.55. The predicted molar refractivity (Wildman–Crippen MR) is 70.9 cm³/mol. The fraction of sp³-hybridized carbons (Fsp3) is 0.643. The van der Waals surface area contributed by atoms with Gasteiger partial charge >= 0.3 is 0 Å². The molecule has 108 valence electrons. The van der Waals surface area contributed by atoms with E-state index in [2.05, 4.69) is 10.5 Å². The quantitative estimate of drug-likeness (QED) is 0.876. The summed E-state index contributed by atoms with van der Waals surface area (Å²) < 4.78 is 5.10. The van der Waals surface area contributed by atoms with E-state index in [-0.39, 0.29) is 17.9 Å². The highest BCUT2D eigenvalue weighted by Gasteiger charge is 2.41. The van der Waals surface area contributed by atoms with Gasteiger partial charge in [0.15, 0.2) is 0 Å². The van der Waals surface area contributed by atoms with Crippen molar-refractivity contribution >= 4 is 11.8 Å². The molecule has 1 aromatic rings. The largest absolute Gasteiger partial charge is 0.361 e. The molecule has 2 aliphatic heterocycles. The van der Waals surface area contributed by atoms with E-state index < -0.39 is 0 Å². The molecule has 0 bridgehead atoms. The minimum atomic E-state index is 0.114. The SMILES string of the molecule is Cc1noc(C)c1CCC(=O)N1C[C@@H]2CC(=O)N[C@@H]2C1. The Morgan fingerprint density at radius 1 is 1.45 bits per heavy atom. The number of carbonyl (C=O) groups excluding carboxylic acids is 2. The molecule has 6 nitrogen and oxygen atoms in total. The molecule has 2 fully saturated rings. The maximum absolute atomic E-state index is 12.2. The van der Waals surface area contributed by atoms with Crippen LogP contribution in [-0.4, -0.2) is 41.0 Å². The van der Waals surface area contributed by atoms with Gasteiger partial charge in [-0.1, -0.05) is 5.16 Å². The van der Waals surface area contributed by atoms with E-state index in [1.54, 1.807) is 0 Å². The van der Waals surface area contributed by atoms with Crippen molar-refractivity contribution in [1.82, 2.24) is 15.4 Å². The van der Waals surface area contributed by atoms with E-state index in [4.69, 9.17) is 4.52 Å². The van der Waals surface area contributed by atoms with E-state index in [9.17, 15) is 9.59 Å². The molecule has 3 rings (SSSR count). The van der Waals surface area contributed by atoms with E-state index in [1.807, 2.05) is 18.7 Å². The Bertz CT molecular complexity index is 516. The Morgan fingerprint density at radius 3 is 2.90 bits per heavy atom. The van der Waals surface area contributed by atoms with E-state index in [0.717, 1.165) is 17.0 Å². The number of likely N-dealkylation sites (tertiary alicyclic amines) is 1. The van der Waals surface area contributed by atoms with Crippen molar-refractivity contribution in [2.45, 2.75) is 39.2 Å². The van der Waals surface area contributed by atoms with Gasteiger partial charge in [0.25, 0.3) is 0 Å². The van der Waals surface area contributed by atoms with Gasteiger partial charge in [-0.15, -0.1) is 0 Å². The van der Waals surface area contributed by atoms with Gasteiger partial charge in [-0.25, -0.2) is 0 Å². The zero-order valence-electron chi connectivity index (χ0n) is 11.8. The maximum atomic E-state index is 12.2. The molecule has 0 aromatic carbocycles. The average molecular weight is 277 g/mol. The highest BCUT2D eigenvalue weighted by Crippen LogP contribution is 2.26. The number of nitrogens with one attached hydrogen (secondary N) is 1. The van der Waals surface area contributed by atoms with Gasteiger partial charge in [-0.05, 0) is 20.3 Å². The van der Waals surface area contributed by atoms with E-state index >= 15 is 0 Å². The Kier molecular flexibility index (Phi) is 3.23. The minimum Gasteiger partial charge on any atom is -0.361 e. The molecule has 2 amide bonds. The Hall–Kier alpha value is -1.85. The van der Waals surface area contributed by atoms with Crippen molar-refractivity contribution in [3.63, 3.8) is 0 Å². The summed E-state index contributed by atoms with van der Waals surface area (Å²) in [5.41, 5.74) is 1.90. The molecule has 2 saturated heterocycles. The predicted octanol–water partition coefficient (Wildman–Crippen LogP) is 0.571. The lowest BCUT2D eigenvalue weighted by Gasteiger charge is -2.17. The first kappa shape index (κ1) is 13.1. The van der Waals surface area contributed by atoms with Crippen LogP contribution in [0.4, 0.5) is 0 Å². The van der Waals surface area contributed by atoms with Gasteiger partial charge in [-0.2, -0.15) is 0 Å². The third-order valence-electron chi connectivity index (χ3n) is 4.36. The third-order valence-corrected chi connectivity index (χ3v) is 4.36. The number of nitrogens with zero attached hydrogens (tertiary/aromatic N) is 2. The van der Waals surface area contributed by atoms with Gasteiger partial charge < -0.3 is 14.7 Å². The summed E-state index contributed by atoms with van der Waals surface area (Å²) in [6.45, 7) is 5.11. The molecule has 0 aliphatic carbocycles. The van der Waals surface area contributed by atoms with Crippen molar-refractivity contribution in [3.05, 3.63) is 17.0 Å². The molecule has 6 heteroatoms. The first-order valence-electron chi connectivity index (χ1n) is 7.03. The molecule has 3 heterocycles. The van der Waals surface area contributed by atoms with Crippen LogP contribution in [0.1, 0.15) is 29.9 Å². The number of fused-ring (bicyclic) bond motifs is 1. The lowest BCUT2D eigenvalue weighted by atomic mass is 10.1. The molecule has 2 aliphatic rings. The first-order valence-corrected chi connectivity index (χ1v) is 7.03. The van der Waals surface area contributed by atoms with Crippen LogP contribution >= 0.6 is 0 Å². The number of hydrogen-bond donors (Lipinski definition) is 1. The summed E-state index contributed by atoms with van der Waals surface area (Å²) in [5.74, 6) is 1.35. The van der Waals surface area contributed by atoms with Crippen LogP contribution in [0, 0.1) is 19.8 Å². The third kappa shape index (κ3) is 2.30. The lowest BCUT2D eigenvalue weighted by Crippen LogP contribution is -2.35. The van der Waals surface area contributed by atoms with Crippen LogP contribution in [-0.2, 0) is 16.0 Å². The number of aromatic nitrogens is 1. The summed E-state index contributed by atoms with van der Waals surface area (Å²) in [7, 11) is 0. The molecular weight excluding hydrogens is 258 g/mol. The molecular formula is C14H19N3O3. The number of hydrogen-bond acceptors (Lipinski definition) is 4. The molecule has 0 radical (unpaired) electrons. The summed E-state index contributed by atoms with van der Waals surface area (Å²) in [6.07, 6.45) is 1.69. The lowest BCUT2D eigenvalue weighted by molar-refractivity contribution is -0.131. The summed E-state index contributed by atoms with van der Waals surface area (Å²) in [6, 6.07) is 0.158. The maximum Gasteiger partial charge on any atom is 0.222 e. The van der Waals surface area contributed by atoms with Crippen LogP contribution in [0.15, 0.2) is 4.52 Å². The van der Waals surface area contributed by atoms with Crippen molar-refractivity contribution in [2.75, 3.05) is 13.1 Å². The number of carbonyl (C=O) groups is 2. The van der Waals surface area contributed by atoms with Gasteiger partial charge in [0.2, 0.25) is 11.8 Å². The second-order valence-electron chi connectivity index (χ2n) is 5.74. The van der Waals surface area contributed by atoms with Gasteiger partial charge in [0.05, 0.1) is 11.7 Å². The molecule has 0 spiro atoms. The van der Waals surface area contributed by atoms with Crippen LogP contribution in [0.5, 0.6) is 0 Å². The van der Waals surface area contributed by atoms with Crippen LogP contribution in [0.25, 0.3) is 0 Å². The van der Waals surface area contributed by atoms with Crippen LogP contribution in [0.2, 0.25) is 0 Å². The molecule has 1 aromatic heterocycles. The zero-order chi connectivity index (χ0) is 14.3. The van der Waals surface area contributed by atoms with E-state index in [0.29, 0.717) is 38.3 Å². The average Bonchev–Trinajstić information content (AvgIpc) is 3.01. The zero-order valence-corrected chi connectivity index (χ0v) is 11.8. The first-order chi connectivity index (χ1) is 9.54. The fourth-order valence-corrected chi connectivity index (χ4v) is 3.20. The molecule has 0 unspecified atom stereocenters. The fourth-order valence-electron chi connectivity index (χ4n) is 3.20. The Morgan fingerprint density at radius 2 is 2.25 bits per heavy atom. The molecule has 1 N–H and O–H groups in total. The van der Waals surface area contributed by atoms with Gasteiger partial charge in [0, 0.05) is 37.4 Å². The number of aryl methyl sites for hydroxylation is 2. The topological polar surface area (TPSA) is 75.4 Å². The second-order valence-corrected chi connectivity index (χ2v) is 5.74. The Labute approximate surface area is 117 Å². The number of rotatable bonds is 3. The molecule has 0 saturated carbocycles. The minimum absolute atomic E-state index is 0.114. The van der Waals surface area contributed by atoms with E-state index in [1.165, 1.54) is 0 Å². The summed E-state index contributed by atoms with van der Waals surface area (Å²) >= 11 is 0. The molecule has 20 heavy (non-hydrogen) atoms.